The molecule has 0 bridgehead atoms. The smallest absolute Gasteiger partial charge is 0.259 e. The Morgan fingerprint density at radius 3 is 2.42 bits per heavy atom. The molecule has 1 aliphatic rings. The minimum Gasteiger partial charge on any atom is -0.497 e. The summed E-state index contributed by atoms with van der Waals surface area (Å²) in [5.41, 5.74) is 3.80. The lowest BCUT2D eigenvalue weighted by molar-refractivity contribution is 0.0996. The number of nitrogens with zero attached hydrogens (tertiary/aromatic N) is 1. The number of anilines is 1. The van der Waals surface area contributed by atoms with Crippen molar-refractivity contribution in [2.45, 2.75) is 25.8 Å². The van der Waals surface area contributed by atoms with Gasteiger partial charge in [-0.05, 0) is 35.4 Å². The highest BCUT2D eigenvalue weighted by atomic mass is 16.5. The number of hydrogen-bond donors (Lipinski definition) is 0. The molecular weight excluding hydrogens is 302 g/mol. The summed E-state index contributed by atoms with van der Waals surface area (Å²) in [5, 5.41) is 0. The molecule has 1 amide bonds. The molecule has 1 aliphatic heterocycles. The second-order valence-corrected chi connectivity index (χ2v) is 6.78. The van der Waals surface area contributed by atoms with E-state index in [-0.39, 0.29) is 11.3 Å². The van der Waals surface area contributed by atoms with Gasteiger partial charge < -0.3 is 14.4 Å². The summed E-state index contributed by atoms with van der Waals surface area (Å²) in [7, 11) is 3.32. The summed E-state index contributed by atoms with van der Waals surface area (Å²) < 4.78 is 10.5. The van der Waals surface area contributed by atoms with Crippen LogP contribution in [0.25, 0.3) is 0 Å². The summed E-state index contributed by atoms with van der Waals surface area (Å²) in [6.45, 7) is 5.54. The molecule has 4 nitrogen and oxygen atoms in total. The van der Waals surface area contributed by atoms with E-state index in [4.69, 9.17) is 9.47 Å². The highest BCUT2D eigenvalue weighted by Crippen LogP contribution is 2.32. The van der Waals surface area contributed by atoms with Crippen molar-refractivity contribution in [2.24, 2.45) is 0 Å². The summed E-state index contributed by atoms with van der Waals surface area (Å²) in [4.78, 5) is 14.5. The number of hydrogen-bond acceptors (Lipinski definition) is 3. The van der Waals surface area contributed by atoms with Crippen LogP contribution in [0.2, 0.25) is 0 Å². The molecular formula is C20H23NO3. The van der Waals surface area contributed by atoms with Crippen molar-refractivity contribution in [1.29, 1.82) is 0 Å². The quantitative estimate of drug-likeness (QED) is 0.840. The van der Waals surface area contributed by atoms with Crippen molar-refractivity contribution < 1.29 is 14.3 Å². The van der Waals surface area contributed by atoms with Gasteiger partial charge in [0.1, 0.15) is 5.75 Å². The normalized spacial score (nSPS) is 14.0. The van der Waals surface area contributed by atoms with Crippen molar-refractivity contribution >= 4 is 11.6 Å². The van der Waals surface area contributed by atoms with Crippen LogP contribution in [0.3, 0.4) is 0 Å². The molecule has 2 aromatic rings. The Kier molecular flexibility index (Phi) is 4.33. The van der Waals surface area contributed by atoms with Crippen LogP contribution in [0.1, 0.15) is 35.3 Å². The third-order valence-electron chi connectivity index (χ3n) is 4.59. The Morgan fingerprint density at radius 1 is 1.08 bits per heavy atom. The van der Waals surface area contributed by atoms with Crippen LogP contribution >= 0.6 is 0 Å². The zero-order chi connectivity index (χ0) is 17.3. The average Bonchev–Trinajstić information content (AvgIpc) is 2.91. The number of carbonyl (C=O) groups is 1. The lowest BCUT2D eigenvalue weighted by atomic mass is 9.85. The van der Waals surface area contributed by atoms with Gasteiger partial charge in [0.15, 0.2) is 0 Å². The SMILES string of the molecule is COCC(C)(C)c1ccc(N2Cc3ccc(OC)cc3C2=O)cc1. The van der Waals surface area contributed by atoms with E-state index in [2.05, 4.69) is 26.0 Å². The van der Waals surface area contributed by atoms with Gasteiger partial charge in [-0.2, -0.15) is 0 Å². The Balaban J connectivity index is 1.85. The molecule has 0 atom stereocenters. The predicted octanol–water partition coefficient (Wildman–Crippen LogP) is 3.78. The third-order valence-corrected chi connectivity index (χ3v) is 4.59. The second kappa shape index (κ2) is 6.29. The van der Waals surface area contributed by atoms with Gasteiger partial charge in [0.05, 0.1) is 20.3 Å². The maximum atomic E-state index is 12.7. The Morgan fingerprint density at radius 2 is 1.79 bits per heavy atom. The van der Waals surface area contributed by atoms with E-state index in [0.29, 0.717) is 18.9 Å². The molecule has 1 heterocycles. The Bertz CT molecular complexity index is 750. The summed E-state index contributed by atoms with van der Waals surface area (Å²) in [5.74, 6) is 0.730. The first kappa shape index (κ1) is 16.5. The van der Waals surface area contributed by atoms with E-state index in [1.165, 1.54) is 5.56 Å². The first-order valence-corrected chi connectivity index (χ1v) is 8.04. The van der Waals surface area contributed by atoms with Crippen molar-refractivity contribution in [3.05, 3.63) is 59.2 Å². The molecule has 0 saturated carbocycles. The maximum Gasteiger partial charge on any atom is 0.259 e. The number of methoxy groups -OCH3 is 2. The fourth-order valence-corrected chi connectivity index (χ4v) is 3.15. The molecule has 0 saturated heterocycles. The zero-order valence-corrected chi connectivity index (χ0v) is 14.6. The van der Waals surface area contributed by atoms with Gasteiger partial charge in [-0.1, -0.05) is 32.0 Å². The van der Waals surface area contributed by atoms with Crippen LogP contribution in [-0.2, 0) is 16.7 Å². The predicted molar refractivity (Wildman–Crippen MR) is 94.9 cm³/mol. The van der Waals surface area contributed by atoms with E-state index < -0.39 is 0 Å². The number of rotatable bonds is 5. The van der Waals surface area contributed by atoms with Gasteiger partial charge >= 0.3 is 0 Å². The standard InChI is InChI=1S/C20H23NO3/c1-20(2,13-23-3)15-6-8-16(9-7-15)21-12-14-5-10-17(24-4)11-18(14)19(21)22/h5-11H,12-13H2,1-4H3. The highest BCUT2D eigenvalue weighted by molar-refractivity contribution is 6.10. The van der Waals surface area contributed by atoms with Gasteiger partial charge in [-0.25, -0.2) is 0 Å². The molecule has 0 unspecified atom stereocenters. The molecule has 3 rings (SSSR count). The van der Waals surface area contributed by atoms with Gasteiger partial charge in [-0.3, -0.25) is 4.79 Å². The number of carbonyl (C=O) groups excluding carboxylic acids is 1. The molecule has 0 N–H and O–H groups in total. The largest absolute Gasteiger partial charge is 0.497 e. The van der Waals surface area contributed by atoms with E-state index in [0.717, 1.165) is 16.8 Å². The second-order valence-electron chi connectivity index (χ2n) is 6.78. The number of fused-ring (bicyclic) bond motifs is 1. The van der Waals surface area contributed by atoms with Gasteiger partial charge in [-0.15, -0.1) is 0 Å². The van der Waals surface area contributed by atoms with Crippen LogP contribution in [0.5, 0.6) is 5.75 Å². The number of benzene rings is 2. The van der Waals surface area contributed by atoms with Crippen molar-refractivity contribution in [2.75, 3.05) is 25.7 Å². The molecule has 0 aliphatic carbocycles. The minimum absolute atomic E-state index is 0.0211. The first-order chi connectivity index (χ1) is 11.5. The molecule has 0 radical (unpaired) electrons. The fourth-order valence-electron chi connectivity index (χ4n) is 3.15. The summed E-state index contributed by atoms with van der Waals surface area (Å²) >= 11 is 0. The molecule has 126 valence electrons. The fraction of sp³-hybridized carbons (Fsp3) is 0.350. The van der Waals surface area contributed by atoms with Gasteiger partial charge in [0.2, 0.25) is 0 Å². The lowest BCUT2D eigenvalue weighted by Crippen LogP contribution is -2.25. The van der Waals surface area contributed by atoms with E-state index in [1.54, 1.807) is 19.1 Å². The molecule has 0 spiro atoms. The Labute approximate surface area is 143 Å². The van der Waals surface area contributed by atoms with Crippen molar-refractivity contribution in [1.82, 2.24) is 0 Å². The topological polar surface area (TPSA) is 38.8 Å². The Hall–Kier alpha value is -2.33. The molecule has 0 fully saturated rings. The summed E-state index contributed by atoms with van der Waals surface area (Å²) in [6, 6.07) is 13.8. The van der Waals surface area contributed by atoms with Crippen molar-refractivity contribution in [3.8, 4) is 5.75 Å². The van der Waals surface area contributed by atoms with Crippen LogP contribution in [0.4, 0.5) is 5.69 Å². The number of ether oxygens (including phenoxy) is 2. The zero-order valence-electron chi connectivity index (χ0n) is 14.6. The van der Waals surface area contributed by atoms with Crippen LogP contribution in [-0.4, -0.2) is 26.7 Å². The van der Waals surface area contributed by atoms with Crippen LogP contribution in [0.15, 0.2) is 42.5 Å². The molecule has 2 aromatic carbocycles. The number of amides is 1. The maximum absolute atomic E-state index is 12.7. The average molecular weight is 325 g/mol. The van der Waals surface area contributed by atoms with E-state index in [1.807, 2.05) is 30.3 Å². The molecule has 24 heavy (non-hydrogen) atoms. The van der Waals surface area contributed by atoms with E-state index >= 15 is 0 Å². The van der Waals surface area contributed by atoms with Gasteiger partial charge in [0, 0.05) is 23.8 Å². The molecule has 0 aromatic heterocycles. The van der Waals surface area contributed by atoms with Crippen LogP contribution < -0.4 is 9.64 Å². The summed E-state index contributed by atoms with van der Waals surface area (Å²) in [6.07, 6.45) is 0. The minimum atomic E-state index is -0.0569. The lowest BCUT2D eigenvalue weighted by Gasteiger charge is -2.25. The van der Waals surface area contributed by atoms with Crippen LogP contribution in [0, 0.1) is 0 Å². The first-order valence-electron chi connectivity index (χ1n) is 8.04. The third kappa shape index (κ3) is 2.89. The molecule has 4 heteroatoms. The monoisotopic (exact) mass is 325 g/mol. The highest BCUT2D eigenvalue weighted by Gasteiger charge is 2.29. The van der Waals surface area contributed by atoms with Crippen molar-refractivity contribution in [3.63, 3.8) is 0 Å². The van der Waals surface area contributed by atoms with E-state index in [9.17, 15) is 4.79 Å². The van der Waals surface area contributed by atoms with Gasteiger partial charge in [0.25, 0.3) is 5.91 Å².